The number of benzene rings is 2. The van der Waals surface area contributed by atoms with Gasteiger partial charge in [0.25, 0.3) is 0 Å². The number of nitriles is 1. The summed E-state index contributed by atoms with van der Waals surface area (Å²) in [7, 11) is 0. The van der Waals surface area contributed by atoms with Crippen LogP contribution in [0.25, 0.3) is 0 Å². The van der Waals surface area contributed by atoms with Crippen molar-refractivity contribution >= 4 is 29.3 Å². The molecule has 0 saturated carbocycles. The molecule has 2 aromatic carbocycles. The minimum Gasteiger partial charge on any atom is -0.339 e. The van der Waals surface area contributed by atoms with E-state index in [-0.39, 0.29) is 48.9 Å². The van der Waals surface area contributed by atoms with Crippen molar-refractivity contribution in [3.05, 3.63) is 76.5 Å². The maximum absolute atomic E-state index is 14.2. The Kier molecular flexibility index (Phi) is 7.29. The topological polar surface area (TPSA) is 105 Å². The molecule has 2 aliphatic heterocycles. The SMILES string of the molecule is CC(=O)N1CCN(C(=O)CN2C(=O)N(c3cccc(C(F)(F)F)c3)C3=C(C(=O)CC3)C2c2ccc(C#N)cc2)CC1. The summed E-state index contributed by atoms with van der Waals surface area (Å²) in [5.74, 6) is -0.801. The lowest BCUT2D eigenvalue weighted by Gasteiger charge is -2.43. The van der Waals surface area contributed by atoms with Gasteiger partial charge in [-0.1, -0.05) is 18.2 Å². The highest BCUT2D eigenvalue weighted by molar-refractivity contribution is 6.08. The molecule has 1 saturated heterocycles. The van der Waals surface area contributed by atoms with Gasteiger partial charge in [0.2, 0.25) is 11.8 Å². The minimum atomic E-state index is -4.65. The zero-order valence-electron chi connectivity index (χ0n) is 22.1. The van der Waals surface area contributed by atoms with Gasteiger partial charge in [-0.3, -0.25) is 19.3 Å². The molecule has 4 amide bonds. The largest absolute Gasteiger partial charge is 0.416 e. The van der Waals surface area contributed by atoms with E-state index in [1.54, 1.807) is 29.2 Å². The lowest BCUT2D eigenvalue weighted by Crippen LogP contribution is -2.56. The Morgan fingerprint density at radius 3 is 2.24 bits per heavy atom. The summed E-state index contributed by atoms with van der Waals surface area (Å²) in [6.07, 6.45) is -4.44. The Morgan fingerprint density at radius 2 is 1.63 bits per heavy atom. The van der Waals surface area contributed by atoms with Crippen LogP contribution in [0.3, 0.4) is 0 Å². The molecule has 212 valence electrons. The fourth-order valence-corrected chi connectivity index (χ4v) is 5.56. The lowest BCUT2D eigenvalue weighted by molar-refractivity contribution is -0.139. The number of carbonyl (C=O) groups is 4. The van der Waals surface area contributed by atoms with Crippen molar-refractivity contribution < 1.29 is 32.3 Å². The van der Waals surface area contributed by atoms with Gasteiger partial charge in [-0.25, -0.2) is 4.79 Å². The number of hydrogen-bond acceptors (Lipinski definition) is 5. The van der Waals surface area contributed by atoms with E-state index in [9.17, 15) is 37.6 Å². The first kappa shape index (κ1) is 27.9. The number of anilines is 1. The molecule has 0 bridgehead atoms. The van der Waals surface area contributed by atoms with Gasteiger partial charge in [-0.05, 0) is 42.3 Å². The number of amides is 4. The molecular formula is C29H26F3N5O4. The van der Waals surface area contributed by atoms with Crippen LogP contribution in [0.4, 0.5) is 23.7 Å². The van der Waals surface area contributed by atoms with Crippen molar-refractivity contribution in [2.45, 2.75) is 32.0 Å². The van der Waals surface area contributed by atoms with Gasteiger partial charge >= 0.3 is 12.2 Å². The maximum Gasteiger partial charge on any atom is 0.416 e. The van der Waals surface area contributed by atoms with E-state index in [2.05, 4.69) is 0 Å². The Bertz CT molecular complexity index is 1490. The van der Waals surface area contributed by atoms with E-state index in [1.165, 1.54) is 28.9 Å². The summed E-state index contributed by atoms with van der Waals surface area (Å²) < 4.78 is 40.7. The van der Waals surface area contributed by atoms with Crippen molar-refractivity contribution in [2.75, 3.05) is 37.6 Å². The third-order valence-electron chi connectivity index (χ3n) is 7.66. The summed E-state index contributed by atoms with van der Waals surface area (Å²) in [5, 5.41) is 9.24. The molecule has 2 heterocycles. The quantitative estimate of drug-likeness (QED) is 0.560. The van der Waals surface area contributed by atoms with Crippen LogP contribution in [0.5, 0.6) is 0 Å². The van der Waals surface area contributed by atoms with Gasteiger partial charge in [0, 0.05) is 50.8 Å². The minimum absolute atomic E-state index is 0.0576. The normalized spacial score (nSPS) is 19.4. The van der Waals surface area contributed by atoms with Gasteiger partial charge in [0.15, 0.2) is 5.78 Å². The molecule has 0 radical (unpaired) electrons. The number of allylic oxidation sites excluding steroid dienone is 1. The number of Topliss-reactive ketones (excluding diaryl/α,β-unsaturated/α-hetero) is 1. The second-order valence-electron chi connectivity index (χ2n) is 10.1. The van der Waals surface area contributed by atoms with E-state index >= 15 is 0 Å². The Labute approximate surface area is 234 Å². The average Bonchev–Trinajstić information content (AvgIpc) is 3.33. The van der Waals surface area contributed by atoms with Crippen LogP contribution in [0.1, 0.15) is 42.5 Å². The Morgan fingerprint density at radius 1 is 0.976 bits per heavy atom. The Hall–Kier alpha value is -4.66. The summed E-state index contributed by atoms with van der Waals surface area (Å²) >= 11 is 0. The van der Waals surface area contributed by atoms with Crippen LogP contribution in [-0.4, -0.2) is 71.1 Å². The van der Waals surface area contributed by atoms with E-state index in [0.717, 1.165) is 17.0 Å². The van der Waals surface area contributed by atoms with Gasteiger partial charge < -0.3 is 14.7 Å². The molecule has 1 aliphatic carbocycles. The monoisotopic (exact) mass is 565 g/mol. The fourth-order valence-electron chi connectivity index (χ4n) is 5.56. The molecule has 5 rings (SSSR count). The van der Waals surface area contributed by atoms with Crippen LogP contribution in [-0.2, 0) is 20.6 Å². The van der Waals surface area contributed by atoms with Crippen molar-refractivity contribution in [3.63, 3.8) is 0 Å². The third-order valence-corrected chi connectivity index (χ3v) is 7.66. The molecule has 0 N–H and O–H groups in total. The van der Waals surface area contributed by atoms with Crippen LogP contribution < -0.4 is 4.90 Å². The fraction of sp³-hybridized carbons (Fsp3) is 0.345. The van der Waals surface area contributed by atoms with E-state index in [0.29, 0.717) is 29.9 Å². The second kappa shape index (κ2) is 10.7. The number of ketones is 1. The van der Waals surface area contributed by atoms with Crippen LogP contribution in [0.15, 0.2) is 59.8 Å². The number of urea groups is 1. The molecule has 2 aromatic rings. The highest BCUT2D eigenvalue weighted by Crippen LogP contribution is 2.45. The van der Waals surface area contributed by atoms with Gasteiger partial charge in [-0.2, -0.15) is 18.4 Å². The molecule has 12 heteroatoms. The standard InChI is InChI=1S/C29H26F3N5O4/c1-18(38)34-11-13-35(14-12-34)25(40)17-36-27(20-7-5-19(16-33)6-8-20)26-23(9-10-24(26)39)37(28(36)41)22-4-2-3-21(15-22)29(30,31)32/h2-8,15,27H,9-14,17H2,1H3. The Balaban J connectivity index is 1.57. The van der Waals surface area contributed by atoms with Crippen LogP contribution >= 0.6 is 0 Å². The third kappa shape index (κ3) is 5.27. The van der Waals surface area contributed by atoms with Crippen molar-refractivity contribution in [1.29, 1.82) is 5.26 Å². The van der Waals surface area contributed by atoms with Crippen LogP contribution in [0.2, 0.25) is 0 Å². The maximum atomic E-state index is 14.2. The summed E-state index contributed by atoms with van der Waals surface area (Å²) in [4.78, 5) is 58.1. The first-order valence-electron chi connectivity index (χ1n) is 13.1. The zero-order chi connectivity index (χ0) is 29.5. The number of alkyl halides is 3. The lowest BCUT2D eigenvalue weighted by atomic mass is 9.92. The van der Waals surface area contributed by atoms with Gasteiger partial charge in [-0.15, -0.1) is 0 Å². The smallest absolute Gasteiger partial charge is 0.339 e. The predicted molar refractivity (Wildman–Crippen MR) is 140 cm³/mol. The molecule has 0 aromatic heterocycles. The highest BCUT2D eigenvalue weighted by Gasteiger charge is 2.47. The number of halogens is 3. The van der Waals surface area contributed by atoms with Gasteiger partial charge in [0.1, 0.15) is 6.54 Å². The molecule has 9 nitrogen and oxygen atoms in total. The van der Waals surface area contributed by atoms with Crippen molar-refractivity contribution in [1.82, 2.24) is 14.7 Å². The average molecular weight is 566 g/mol. The molecule has 3 aliphatic rings. The van der Waals surface area contributed by atoms with Crippen molar-refractivity contribution in [3.8, 4) is 6.07 Å². The van der Waals surface area contributed by atoms with Crippen LogP contribution in [0, 0.1) is 11.3 Å². The number of rotatable bonds is 4. The van der Waals surface area contributed by atoms with E-state index in [4.69, 9.17) is 0 Å². The molecular weight excluding hydrogens is 539 g/mol. The van der Waals surface area contributed by atoms with E-state index < -0.39 is 36.3 Å². The zero-order valence-corrected chi connectivity index (χ0v) is 22.1. The number of nitrogens with zero attached hydrogens (tertiary/aromatic N) is 5. The predicted octanol–water partition coefficient (Wildman–Crippen LogP) is 3.87. The summed E-state index contributed by atoms with van der Waals surface area (Å²) in [6, 6.07) is 10.9. The second-order valence-corrected chi connectivity index (χ2v) is 10.1. The summed E-state index contributed by atoms with van der Waals surface area (Å²) in [5.41, 5.74) is 0.387. The molecule has 1 fully saturated rings. The molecule has 41 heavy (non-hydrogen) atoms. The summed E-state index contributed by atoms with van der Waals surface area (Å²) in [6.45, 7) is 2.18. The van der Waals surface area contributed by atoms with E-state index in [1.807, 2.05) is 6.07 Å². The molecule has 1 atom stereocenters. The molecule has 0 spiro atoms. The first-order valence-corrected chi connectivity index (χ1v) is 13.1. The van der Waals surface area contributed by atoms with Gasteiger partial charge in [0.05, 0.1) is 28.9 Å². The first-order chi connectivity index (χ1) is 19.5. The number of carbonyl (C=O) groups excluding carboxylic acids is 4. The highest BCUT2D eigenvalue weighted by atomic mass is 19.4. The number of piperazine rings is 1. The number of hydrogen-bond donors (Lipinski definition) is 0. The molecule has 1 unspecified atom stereocenters. The van der Waals surface area contributed by atoms with Crippen molar-refractivity contribution in [2.24, 2.45) is 0 Å².